The quantitative estimate of drug-likeness (QED) is 0.832. The predicted octanol–water partition coefficient (Wildman–Crippen LogP) is 0.221. The summed E-state index contributed by atoms with van der Waals surface area (Å²) in [5.74, 6) is -0.0982. The molecule has 120 valence electrons. The van der Waals surface area contributed by atoms with Crippen LogP contribution < -0.4 is 10.6 Å². The van der Waals surface area contributed by atoms with Crippen LogP contribution in [0.5, 0.6) is 0 Å². The highest BCUT2D eigenvalue weighted by atomic mass is 32.1. The van der Waals surface area contributed by atoms with Gasteiger partial charge in [-0.15, -0.1) is 11.3 Å². The Morgan fingerprint density at radius 2 is 2.14 bits per heavy atom. The molecule has 2 saturated heterocycles. The number of aromatic nitrogens is 1. The van der Waals surface area contributed by atoms with Gasteiger partial charge in [-0.3, -0.25) is 9.59 Å². The molecule has 8 heteroatoms. The van der Waals surface area contributed by atoms with Crippen molar-refractivity contribution in [3.8, 4) is 0 Å². The summed E-state index contributed by atoms with van der Waals surface area (Å²) in [4.78, 5) is 33.2. The summed E-state index contributed by atoms with van der Waals surface area (Å²) in [5.41, 5.74) is 0.412. The van der Waals surface area contributed by atoms with Crippen LogP contribution in [0, 0.1) is 0 Å². The Kier molecular flexibility index (Phi) is 4.58. The Labute approximate surface area is 133 Å². The summed E-state index contributed by atoms with van der Waals surface area (Å²) in [6.45, 7) is 3.37. The van der Waals surface area contributed by atoms with Gasteiger partial charge in [0, 0.05) is 45.2 Å². The van der Waals surface area contributed by atoms with Crippen LogP contribution in [-0.2, 0) is 4.79 Å². The van der Waals surface area contributed by atoms with Crippen molar-refractivity contribution in [3.05, 3.63) is 11.1 Å². The minimum atomic E-state index is -0.418. The fourth-order valence-electron chi connectivity index (χ4n) is 2.95. The maximum absolute atomic E-state index is 12.7. The van der Waals surface area contributed by atoms with Gasteiger partial charge in [0.15, 0.2) is 5.13 Å². The van der Waals surface area contributed by atoms with Crippen LogP contribution in [0.3, 0.4) is 0 Å². The second-order valence-electron chi connectivity index (χ2n) is 5.54. The number of anilines is 1. The molecule has 22 heavy (non-hydrogen) atoms. The van der Waals surface area contributed by atoms with Crippen LogP contribution in [-0.4, -0.2) is 72.4 Å². The van der Waals surface area contributed by atoms with Gasteiger partial charge in [0.2, 0.25) is 5.91 Å². The molecule has 2 aliphatic rings. The van der Waals surface area contributed by atoms with E-state index in [4.69, 9.17) is 0 Å². The number of carbonyl (C=O) groups excluding carboxylic acids is 2. The topological polar surface area (TPSA) is 77.6 Å². The molecule has 2 aliphatic heterocycles. The van der Waals surface area contributed by atoms with Gasteiger partial charge in [0.05, 0.1) is 0 Å². The number of nitrogens with one attached hydrogen (secondary N) is 2. The van der Waals surface area contributed by atoms with E-state index >= 15 is 0 Å². The molecule has 1 aromatic rings. The third-order valence-electron chi connectivity index (χ3n) is 4.14. The zero-order valence-electron chi connectivity index (χ0n) is 12.7. The Hall–Kier alpha value is -1.67. The molecular weight excluding hydrogens is 302 g/mol. The van der Waals surface area contributed by atoms with Gasteiger partial charge < -0.3 is 20.4 Å². The van der Waals surface area contributed by atoms with Crippen LogP contribution >= 0.6 is 11.3 Å². The lowest BCUT2D eigenvalue weighted by Gasteiger charge is -2.36. The molecule has 0 bridgehead atoms. The molecule has 3 heterocycles. The van der Waals surface area contributed by atoms with E-state index < -0.39 is 6.04 Å². The van der Waals surface area contributed by atoms with Crippen molar-refractivity contribution >= 4 is 28.3 Å². The third kappa shape index (κ3) is 2.93. The van der Waals surface area contributed by atoms with E-state index in [1.807, 2.05) is 4.90 Å². The van der Waals surface area contributed by atoms with Crippen molar-refractivity contribution in [2.45, 2.75) is 18.9 Å². The summed E-state index contributed by atoms with van der Waals surface area (Å²) < 4.78 is 0. The van der Waals surface area contributed by atoms with Crippen molar-refractivity contribution in [1.82, 2.24) is 20.1 Å². The zero-order valence-corrected chi connectivity index (χ0v) is 13.5. The second-order valence-corrected chi connectivity index (χ2v) is 6.40. The highest BCUT2D eigenvalue weighted by Gasteiger charge is 2.36. The zero-order chi connectivity index (χ0) is 15.5. The number of hydrogen-bond acceptors (Lipinski definition) is 6. The summed E-state index contributed by atoms with van der Waals surface area (Å²) in [6, 6.07) is -0.418. The standard InChI is InChI=1S/C14H21N5O2S/c1-15-14-17-10(9-22-14)12(20)19-7-4-16-8-11(19)13(21)18-5-2-3-6-18/h9,11,16H,2-8H2,1H3,(H,15,17)/t11-/m0/s1. The molecule has 7 nitrogen and oxygen atoms in total. The van der Waals surface area contributed by atoms with Crippen molar-refractivity contribution in [3.63, 3.8) is 0 Å². The lowest BCUT2D eigenvalue weighted by Crippen LogP contribution is -2.59. The molecule has 2 N–H and O–H groups in total. The molecule has 2 amide bonds. The first-order chi connectivity index (χ1) is 10.7. The number of piperazine rings is 1. The van der Waals surface area contributed by atoms with Crippen LogP contribution in [0.1, 0.15) is 23.3 Å². The Bertz CT molecular complexity index is 555. The van der Waals surface area contributed by atoms with E-state index in [2.05, 4.69) is 15.6 Å². The number of amides is 2. The SMILES string of the molecule is CNc1nc(C(=O)N2CCNC[C@H]2C(=O)N2CCCC2)cs1. The normalized spacial score (nSPS) is 22.0. The summed E-state index contributed by atoms with van der Waals surface area (Å²) in [6.07, 6.45) is 2.11. The monoisotopic (exact) mass is 323 g/mol. The van der Waals surface area contributed by atoms with Crippen LogP contribution in [0.25, 0.3) is 0 Å². The van der Waals surface area contributed by atoms with Crippen LogP contribution in [0.2, 0.25) is 0 Å². The smallest absolute Gasteiger partial charge is 0.274 e. The molecule has 0 aliphatic carbocycles. The molecule has 0 aromatic carbocycles. The average molecular weight is 323 g/mol. The highest BCUT2D eigenvalue weighted by molar-refractivity contribution is 7.13. The summed E-state index contributed by atoms with van der Waals surface area (Å²) >= 11 is 1.40. The Balaban J connectivity index is 1.76. The van der Waals surface area contributed by atoms with Crippen LogP contribution in [0.4, 0.5) is 5.13 Å². The number of rotatable bonds is 3. The first-order valence-corrected chi connectivity index (χ1v) is 8.52. The Morgan fingerprint density at radius 3 is 2.82 bits per heavy atom. The largest absolute Gasteiger partial charge is 0.365 e. The van der Waals surface area contributed by atoms with Gasteiger partial charge in [-0.2, -0.15) is 0 Å². The molecule has 2 fully saturated rings. The molecular formula is C14H21N5O2S. The van der Waals surface area contributed by atoms with Gasteiger partial charge in [0.25, 0.3) is 5.91 Å². The van der Waals surface area contributed by atoms with E-state index in [0.717, 1.165) is 25.9 Å². The molecule has 0 saturated carbocycles. The number of nitrogens with zero attached hydrogens (tertiary/aromatic N) is 3. The highest BCUT2D eigenvalue weighted by Crippen LogP contribution is 2.19. The third-order valence-corrected chi connectivity index (χ3v) is 5.00. The molecule has 0 unspecified atom stereocenters. The predicted molar refractivity (Wildman–Crippen MR) is 85.2 cm³/mol. The molecule has 1 atom stereocenters. The van der Waals surface area contributed by atoms with Crippen molar-refractivity contribution in [2.75, 3.05) is 45.1 Å². The van der Waals surface area contributed by atoms with Gasteiger partial charge in [0.1, 0.15) is 11.7 Å². The van der Waals surface area contributed by atoms with Crippen molar-refractivity contribution in [2.24, 2.45) is 0 Å². The van der Waals surface area contributed by atoms with E-state index in [-0.39, 0.29) is 11.8 Å². The van der Waals surface area contributed by atoms with Gasteiger partial charge in [-0.05, 0) is 12.8 Å². The van der Waals surface area contributed by atoms with Crippen LogP contribution in [0.15, 0.2) is 5.38 Å². The molecule has 1 aromatic heterocycles. The average Bonchev–Trinajstić information content (AvgIpc) is 3.24. The number of carbonyl (C=O) groups is 2. The lowest BCUT2D eigenvalue weighted by molar-refractivity contribution is -0.135. The maximum atomic E-state index is 12.7. The Morgan fingerprint density at radius 1 is 1.36 bits per heavy atom. The summed E-state index contributed by atoms with van der Waals surface area (Å²) in [7, 11) is 1.78. The minimum Gasteiger partial charge on any atom is -0.365 e. The summed E-state index contributed by atoms with van der Waals surface area (Å²) in [5, 5.41) is 8.61. The lowest BCUT2D eigenvalue weighted by atomic mass is 10.1. The maximum Gasteiger partial charge on any atom is 0.274 e. The van der Waals surface area contributed by atoms with Crippen molar-refractivity contribution in [1.29, 1.82) is 0 Å². The number of likely N-dealkylation sites (tertiary alicyclic amines) is 1. The second kappa shape index (κ2) is 6.62. The van der Waals surface area contributed by atoms with Gasteiger partial charge in [-0.25, -0.2) is 4.98 Å². The van der Waals surface area contributed by atoms with Crippen molar-refractivity contribution < 1.29 is 9.59 Å². The van der Waals surface area contributed by atoms with E-state index in [1.54, 1.807) is 17.3 Å². The van der Waals surface area contributed by atoms with Gasteiger partial charge in [-0.1, -0.05) is 0 Å². The molecule has 0 radical (unpaired) electrons. The fourth-order valence-corrected chi connectivity index (χ4v) is 3.60. The number of hydrogen-bond donors (Lipinski definition) is 2. The first-order valence-electron chi connectivity index (χ1n) is 7.64. The molecule has 0 spiro atoms. The molecule has 3 rings (SSSR count). The van der Waals surface area contributed by atoms with Gasteiger partial charge >= 0.3 is 0 Å². The minimum absolute atomic E-state index is 0.0575. The number of thiazole rings is 1. The first kappa shape index (κ1) is 15.2. The van der Waals surface area contributed by atoms with E-state index in [9.17, 15) is 9.59 Å². The fraction of sp³-hybridized carbons (Fsp3) is 0.643. The van der Waals surface area contributed by atoms with E-state index in [0.29, 0.717) is 30.5 Å². The van der Waals surface area contributed by atoms with E-state index in [1.165, 1.54) is 11.3 Å².